The van der Waals surface area contributed by atoms with Crippen molar-refractivity contribution >= 4 is 28.6 Å². The number of hydrogen-bond acceptors (Lipinski definition) is 8. The van der Waals surface area contributed by atoms with E-state index in [4.69, 9.17) is 9.47 Å². The van der Waals surface area contributed by atoms with Crippen LogP contribution in [-0.2, 0) is 4.74 Å². The van der Waals surface area contributed by atoms with Gasteiger partial charge in [-0.05, 0) is 32.0 Å². The Labute approximate surface area is 193 Å². The highest BCUT2D eigenvalue weighted by Gasteiger charge is 2.16. The summed E-state index contributed by atoms with van der Waals surface area (Å²) in [5.74, 6) is 0.842. The molecule has 2 aromatic heterocycles. The molecular formula is C24H31N7O2. The molecule has 3 aromatic rings. The summed E-state index contributed by atoms with van der Waals surface area (Å²) < 4.78 is 11.5. The molecule has 5 rings (SSSR count). The molecule has 9 heteroatoms. The van der Waals surface area contributed by atoms with Gasteiger partial charge < -0.3 is 19.4 Å². The molecule has 2 aliphatic heterocycles. The Balaban J connectivity index is 1.29. The zero-order valence-corrected chi connectivity index (χ0v) is 18.9. The van der Waals surface area contributed by atoms with Crippen molar-refractivity contribution in [1.29, 1.82) is 0 Å². The Morgan fingerprint density at radius 3 is 2.82 bits per heavy atom. The average Bonchev–Trinajstić information content (AvgIpc) is 3.28. The number of hydrazone groups is 1. The smallest absolute Gasteiger partial charge is 0.319 e. The first-order valence-electron chi connectivity index (χ1n) is 11.8. The summed E-state index contributed by atoms with van der Waals surface area (Å²) in [4.78, 5) is 17.1. The Bertz CT molecular complexity index is 1070. The number of anilines is 2. The van der Waals surface area contributed by atoms with Gasteiger partial charge in [0.05, 0.1) is 30.8 Å². The second-order valence-electron chi connectivity index (χ2n) is 8.40. The van der Waals surface area contributed by atoms with Gasteiger partial charge in [0.2, 0.25) is 0 Å². The highest BCUT2D eigenvalue weighted by Crippen LogP contribution is 2.22. The standard InChI is InChI=1S/C24H31N7O2/c1-4-8-30(9-5-1)10-15-33-24-27-19(16-23(28-24)31-11-13-32-14-12-31)17-26-29-22-18-25-21-7-3-2-6-20(21)22/h2-3,6-7,16-18,25,29H,1,4-5,8-15H2. The largest absolute Gasteiger partial charge is 0.462 e. The van der Waals surface area contributed by atoms with E-state index in [-0.39, 0.29) is 0 Å². The van der Waals surface area contributed by atoms with Crippen molar-refractivity contribution < 1.29 is 9.47 Å². The number of H-pyrrole nitrogens is 1. The first-order valence-corrected chi connectivity index (χ1v) is 11.8. The lowest BCUT2D eigenvalue weighted by molar-refractivity contribution is 0.122. The molecule has 9 nitrogen and oxygen atoms in total. The van der Waals surface area contributed by atoms with Crippen LogP contribution in [0.1, 0.15) is 25.0 Å². The zero-order chi connectivity index (χ0) is 22.3. The summed E-state index contributed by atoms with van der Waals surface area (Å²) in [5.41, 5.74) is 5.80. The first-order chi connectivity index (χ1) is 16.3. The molecule has 0 atom stereocenters. The van der Waals surface area contributed by atoms with Crippen LogP contribution in [0.25, 0.3) is 10.9 Å². The molecule has 2 N–H and O–H groups in total. The predicted molar refractivity (Wildman–Crippen MR) is 130 cm³/mol. The summed E-state index contributed by atoms with van der Waals surface area (Å²) in [7, 11) is 0. The number of nitrogens with zero attached hydrogens (tertiary/aromatic N) is 5. The van der Waals surface area contributed by atoms with E-state index in [2.05, 4.69) is 41.3 Å². The highest BCUT2D eigenvalue weighted by molar-refractivity contribution is 5.92. The number of fused-ring (bicyclic) bond motifs is 1. The minimum absolute atomic E-state index is 0.393. The lowest BCUT2D eigenvalue weighted by Gasteiger charge is -2.28. The summed E-state index contributed by atoms with van der Waals surface area (Å²) in [6.07, 6.45) is 7.50. The van der Waals surface area contributed by atoms with E-state index in [0.717, 1.165) is 55.1 Å². The van der Waals surface area contributed by atoms with Crippen molar-refractivity contribution in [2.45, 2.75) is 19.3 Å². The van der Waals surface area contributed by atoms with E-state index >= 15 is 0 Å². The molecular weight excluding hydrogens is 418 g/mol. The molecule has 0 radical (unpaired) electrons. The molecule has 2 aliphatic rings. The van der Waals surface area contributed by atoms with Gasteiger partial charge in [-0.15, -0.1) is 0 Å². The van der Waals surface area contributed by atoms with Crippen molar-refractivity contribution in [3.8, 4) is 6.01 Å². The average molecular weight is 450 g/mol. The van der Waals surface area contributed by atoms with Gasteiger partial charge in [0.1, 0.15) is 12.4 Å². The Kier molecular flexibility index (Phi) is 6.98. The van der Waals surface area contributed by atoms with Crippen molar-refractivity contribution in [2.24, 2.45) is 5.10 Å². The van der Waals surface area contributed by atoms with Crippen LogP contribution < -0.4 is 15.1 Å². The molecule has 174 valence electrons. The van der Waals surface area contributed by atoms with E-state index in [1.165, 1.54) is 19.3 Å². The molecule has 0 aliphatic carbocycles. The van der Waals surface area contributed by atoms with E-state index in [9.17, 15) is 0 Å². The van der Waals surface area contributed by atoms with E-state index in [1.807, 2.05) is 30.5 Å². The van der Waals surface area contributed by atoms with E-state index in [0.29, 0.717) is 31.5 Å². The molecule has 0 amide bonds. The number of benzene rings is 1. The Hall–Kier alpha value is -3.17. The third-order valence-electron chi connectivity index (χ3n) is 6.11. The van der Waals surface area contributed by atoms with Crippen molar-refractivity contribution in [1.82, 2.24) is 19.9 Å². The molecule has 0 spiro atoms. The lowest BCUT2D eigenvalue weighted by Crippen LogP contribution is -2.37. The SMILES string of the molecule is C(=NNc1c[nH]c2ccccc12)c1cc(N2CCOCC2)nc(OCCN2CCCCC2)n1. The van der Waals surface area contributed by atoms with Crippen molar-refractivity contribution in [2.75, 3.05) is 62.9 Å². The van der Waals surface area contributed by atoms with Gasteiger partial charge in [-0.3, -0.25) is 10.3 Å². The summed E-state index contributed by atoms with van der Waals surface area (Å²) in [6.45, 7) is 6.77. The van der Waals surface area contributed by atoms with E-state index < -0.39 is 0 Å². The fraction of sp³-hybridized carbons (Fsp3) is 0.458. The van der Waals surface area contributed by atoms with Gasteiger partial charge in [-0.25, -0.2) is 0 Å². The quantitative estimate of drug-likeness (QED) is 0.403. The van der Waals surface area contributed by atoms with Gasteiger partial charge in [-0.2, -0.15) is 15.1 Å². The number of hydrogen-bond donors (Lipinski definition) is 2. The van der Waals surface area contributed by atoms with Crippen molar-refractivity contribution in [3.05, 3.63) is 42.2 Å². The molecule has 2 fully saturated rings. The van der Waals surface area contributed by atoms with Crippen LogP contribution in [0.4, 0.5) is 11.5 Å². The molecule has 0 bridgehead atoms. The highest BCUT2D eigenvalue weighted by atomic mass is 16.5. The van der Waals surface area contributed by atoms with Crippen LogP contribution in [0.2, 0.25) is 0 Å². The maximum atomic E-state index is 5.98. The van der Waals surface area contributed by atoms with Crippen LogP contribution >= 0.6 is 0 Å². The summed E-state index contributed by atoms with van der Waals surface area (Å²) in [5, 5.41) is 5.51. The summed E-state index contributed by atoms with van der Waals surface area (Å²) in [6, 6.07) is 10.5. The summed E-state index contributed by atoms with van der Waals surface area (Å²) >= 11 is 0. The minimum atomic E-state index is 0.393. The fourth-order valence-corrected chi connectivity index (χ4v) is 4.30. The van der Waals surface area contributed by atoms with Gasteiger partial charge in [0.25, 0.3) is 0 Å². The third-order valence-corrected chi connectivity index (χ3v) is 6.11. The van der Waals surface area contributed by atoms with Gasteiger partial charge >= 0.3 is 6.01 Å². The number of aromatic amines is 1. The topological polar surface area (TPSA) is 90.9 Å². The number of ether oxygens (including phenoxy) is 2. The minimum Gasteiger partial charge on any atom is -0.462 e. The van der Waals surface area contributed by atoms with Gasteiger partial charge in [0.15, 0.2) is 0 Å². The van der Waals surface area contributed by atoms with Crippen LogP contribution in [0.15, 0.2) is 41.6 Å². The normalized spacial score (nSPS) is 17.6. The molecule has 0 saturated carbocycles. The second-order valence-corrected chi connectivity index (χ2v) is 8.40. The second kappa shape index (κ2) is 10.6. The predicted octanol–water partition coefficient (Wildman–Crippen LogP) is 3.11. The molecule has 4 heterocycles. The van der Waals surface area contributed by atoms with Crippen LogP contribution in [-0.4, -0.2) is 78.6 Å². The number of nitrogens with one attached hydrogen (secondary N) is 2. The Morgan fingerprint density at radius 1 is 1.09 bits per heavy atom. The third kappa shape index (κ3) is 5.61. The molecule has 33 heavy (non-hydrogen) atoms. The number of morpholine rings is 1. The monoisotopic (exact) mass is 449 g/mol. The molecule has 2 saturated heterocycles. The van der Waals surface area contributed by atoms with E-state index in [1.54, 1.807) is 6.21 Å². The fourth-order valence-electron chi connectivity index (χ4n) is 4.30. The Morgan fingerprint density at radius 2 is 1.94 bits per heavy atom. The zero-order valence-electron chi connectivity index (χ0n) is 18.9. The van der Waals surface area contributed by atoms with Crippen LogP contribution in [0.5, 0.6) is 6.01 Å². The van der Waals surface area contributed by atoms with Gasteiger partial charge in [-0.1, -0.05) is 24.6 Å². The number of rotatable bonds is 8. The van der Waals surface area contributed by atoms with Crippen molar-refractivity contribution in [3.63, 3.8) is 0 Å². The lowest BCUT2D eigenvalue weighted by atomic mass is 10.1. The van der Waals surface area contributed by atoms with Gasteiger partial charge in [0, 0.05) is 42.8 Å². The molecule has 0 unspecified atom stereocenters. The first kappa shape index (κ1) is 21.7. The number of likely N-dealkylation sites (tertiary alicyclic amines) is 1. The molecule has 1 aromatic carbocycles. The number of aromatic nitrogens is 3. The number of piperidine rings is 1. The maximum Gasteiger partial charge on any atom is 0.319 e. The van der Waals surface area contributed by atoms with Crippen LogP contribution in [0, 0.1) is 0 Å². The maximum absolute atomic E-state index is 5.98. The van der Waals surface area contributed by atoms with Crippen LogP contribution in [0.3, 0.4) is 0 Å². The number of para-hydroxylation sites is 1.